The highest BCUT2D eigenvalue weighted by Crippen LogP contribution is 2.37. The van der Waals surface area contributed by atoms with Crippen LogP contribution in [0.15, 0.2) is 92.1 Å². The minimum Gasteiger partial charge on any atom is -0.493 e. The molecule has 4 N–H and O–H groups in total. The number of hydrogen-bond donors (Lipinski definition) is 4. The Morgan fingerprint density at radius 3 is 1.52 bits per heavy atom. The summed E-state index contributed by atoms with van der Waals surface area (Å²) in [5.41, 5.74) is 1.55. The summed E-state index contributed by atoms with van der Waals surface area (Å²) in [5, 5.41) is 19.7. The summed E-state index contributed by atoms with van der Waals surface area (Å²) in [5.74, 6) is -0.973. The van der Waals surface area contributed by atoms with E-state index in [-0.39, 0.29) is 81.3 Å². The van der Waals surface area contributed by atoms with Gasteiger partial charge in [0, 0.05) is 47.7 Å². The predicted molar refractivity (Wildman–Crippen MR) is 247 cm³/mol. The Bertz CT molecular complexity index is 3270. The monoisotopic (exact) mass is 1140 g/mol. The van der Waals surface area contributed by atoms with Crippen LogP contribution in [-0.2, 0) is 64.4 Å². The molecule has 0 aliphatic heterocycles. The van der Waals surface area contributed by atoms with Crippen LogP contribution in [0.3, 0.4) is 0 Å². The highest BCUT2D eigenvalue weighted by atomic mass is 35.5. The maximum atomic E-state index is 11.7. The fraction of sp³-hybridized carbons (Fsp3) is 0.229. The molecule has 0 radical (unpaired) electrons. The van der Waals surface area contributed by atoms with Gasteiger partial charge in [0.25, 0.3) is 30.4 Å². The van der Waals surface area contributed by atoms with Gasteiger partial charge >= 0.3 is 21.2 Å². The van der Waals surface area contributed by atoms with Crippen LogP contribution < -0.4 is 14.8 Å². The number of nitrogens with one attached hydrogen (secondary N) is 1. The molecule has 34 heteroatoms. The second-order valence-corrected chi connectivity index (χ2v) is 19.8. The fourth-order valence-corrected chi connectivity index (χ4v) is 7.32. The number of azo groups is 2. The quantitative estimate of drug-likeness (QED) is 0.0493. The van der Waals surface area contributed by atoms with Crippen molar-refractivity contribution >= 4 is 127 Å². The highest BCUT2D eigenvalue weighted by Gasteiger charge is 2.19. The van der Waals surface area contributed by atoms with Crippen LogP contribution in [-0.4, -0.2) is 110 Å². The summed E-state index contributed by atoms with van der Waals surface area (Å²) in [6.45, 7) is 1.21. The first-order chi connectivity index (χ1) is 32.1. The zero-order valence-corrected chi connectivity index (χ0v) is 41.6. The largest absolute Gasteiger partial charge is 0.493 e. The molecule has 0 spiro atoms. The second-order valence-electron chi connectivity index (χ2n) is 12.8. The van der Waals surface area contributed by atoms with E-state index < -0.39 is 74.6 Å². The second kappa shape index (κ2) is 26.6. The summed E-state index contributed by atoms with van der Waals surface area (Å²) >= 11 is 25.1. The highest BCUT2D eigenvalue weighted by molar-refractivity contribution is 7.86. The molecule has 0 aliphatic carbocycles. The molecule has 0 aliphatic rings. The van der Waals surface area contributed by atoms with Gasteiger partial charge in [-0.15, -0.1) is 35.5 Å². The third-order valence-electron chi connectivity index (χ3n) is 7.79. The lowest BCUT2D eigenvalue weighted by atomic mass is 10.1. The van der Waals surface area contributed by atoms with Gasteiger partial charge in [0.05, 0.1) is 38.8 Å². The lowest BCUT2D eigenvalue weighted by Gasteiger charge is -2.15. The normalized spacial score (nSPS) is 11.6. The van der Waals surface area contributed by atoms with Gasteiger partial charge in [0.15, 0.2) is 0 Å². The number of hydrogen-bond acceptors (Lipinski definition) is 22. The van der Waals surface area contributed by atoms with Crippen molar-refractivity contribution in [2.24, 2.45) is 20.5 Å². The van der Waals surface area contributed by atoms with E-state index in [9.17, 15) is 38.9 Å². The number of halogens is 4. The minimum atomic E-state index is -4.70. The molecule has 25 nitrogen and oxygen atoms in total. The Balaban J connectivity index is 0.00000146. The molecular weight excluding hydrogens is 1110 g/mol. The van der Waals surface area contributed by atoms with Crippen LogP contribution in [0.4, 0.5) is 28.7 Å². The molecule has 69 heavy (non-hydrogen) atoms. The first kappa shape index (κ1) is 57.9. The van der Waals surface area contributed by atoms with Crippen LogP contribution in [0.5, 0.6) is 11.5 Å². The number of ether oxygens (including phenoxy) is 2. The van der Waals surface area contributed by atoms with Gasteiger partial charge in [-0.05, 0) is 61.5 Å². The van der Waals surface area contributed by atoms with Crippen LogP contribution in [0.2, 0.25) is 20.1 Å². The van der Waals surface area contributed by atoms with Crippen molar-refractivity contribution in [2.75, 3.05) is 36.6 Å². The summed E-state index contributed by atoms with van der Waals surface area (Å²) in [6.07, 6.45) is -0.174. The van der Waals surface area contributed by atoms with Gasteiger partial charge in [-0.2, -0.15) is 45.4 Å². The zero-order valence-electron chi connectivity index (χ0n) is 34.5. The molecule has 0 fully saturated rings. The van der Waals surface area contributed by atoms with E-state index in [2.05, 4.69) is 40.7 Å². The third kappa shape index (κ3) is 21.9. The van der Waals surface area contributed by atoms with Crippen molar-refractivity contribution in [3.63, 3.8) is 0 Å². The Morgan fingerprint density at radius 1 is 0.594 bits per heavy atom. The molecule has 0 unspecified atom stereocenters. The molecule has 0 amide bonds. The summed E-state index contributed by atoms with van der Waals surface area (Å²) < 4.78 is 160. The van der Waals surface area contributed by atoms with E-state index in [1.54, 1.807) is 43.3 Å². The maximum absolute atomic E-state index is 11.7. The van der Waals surface area contributed by atoms with Gasteiger partial charge < -0.3 is 14.8 Å². The van der Waals surface area contributed by atoms with E-state index in [1.165, 1.54) is 24.3 Å². The topological polar surface area (TPSA) is 384 Å². The predicted octanol–water partition coefficient (Wildman–Crippen LogP) is 6.70. The van der Waals surface area contributed by atoms with Crippen molar-refractivity contribution in [3.8, 4) is 11.5 Å². The smallest absolute Gasteiger partial charge is 0.425 e. The number of aromatic nitrogens is 3. The molecule has 0 bridgehead atoms. The number of rotatable bonds is 19. The van der Waals surface area contributed by atoms with E-state index in [4.69, 9.17) is 81.1 Å². The SMILES string of the molecule is CCOc1cc(N=Nc2ccc(Cl)cc2)c(Cl)cc1Cc1nc(Cc2cc(Cl)c(N=Nc3ccc(Cl)c(S(=O)(=O)O)c3)cc2OCCS(=O)(=O)O)nc(NCCS(=O)(=O)O)n1.O=S(=O)=O.O=S(=O)=O. The Labute approximate surface area is 415 Å². The number of anilines is 1. The lowest BCUT2D eigenvalue weighted by Crippen LogP contribution is -2.18. The Hall–Kier alpha value is -5.38. The van der Waals surface area contributed by atoms with Crippen LogP contribution >= 0.6 is 46.4 Å². The van der Waals surface area contributed by atoms with Crippen molar-refractivity contribution in [3.05, 3.63) is 110 Å². The standard InChI is InChI=1S/C35H32Cl4N8O11S3.2O3S/c1-2-57-30-18-28(46-44-23-5-3-22(36)4-6-23)26(38)13-20(30)15-33-41-34(43-35(42-33)40-9-11-59(48,49)50)16-21-14-27(39)29(19-31(21)58-10-12-60(51,52)53)47-45-24-7-8-25(37)32(17-24)61(54,55)56;2*1-4(2)3/h3-8,13-14,17-19H,2,9-12,15-16H2,1H3,(H,48,49,50)(H,51,52,53)(H,54,55,56)(H,40,41,42,43);;. The van der Waals surface area contributed by atoms with Crippen molar-refractivity contribution < 1.29 is 73.6 Å². The van der Waals surface area contributed by atoms with E-state index >= 15 is 0 Å². The van der Waals surface area contributed by atoms with Gasteiger partial charge in [0.2, 0.25) is 5.95 Å². The van der Waals surface area contributed by atoms with E-state index in [0.29, 0.717) is 27.7 Å². The molecule has 372 valence electrons. The average Bonchev–Trinajstić information content (AvgIpc) is 3.21. The van der Waals surface area contributed by atoms with Crippen molar-refractivity contribution in [2.45, 2.75) is 24.7 Å². The molecule has 5 rings (SSSR count). The molecule has 1 aromatic heterocycles. The molecule has 5 aromatic rings. The minimum absolute atomic E-state index is 0.00600. The molecule has 1 heterocycles. The molecule has 0 saturated carbocycles. The van der Waals surface area contributed by atoms with E-state index in [0.717, 1.165) is 6.07 Å². The first-order valence-corrected chi connectivity index (χ1v) is 26.5. The molecule has 0 atom stereocenters. The average molecular weight is 1140 g/mol. The van der Waals surface area contributed by atoms with Gasteiger partial charge in [-0.25, -0.2) is 4.98 Å². The summed E-state index contributed by atoms with van der Waals surface area (Å²) in [6, 6.07) is 16.0. The Kier molecular flexibility index (Phi) is 22.3. The van der Waals surface area contributed by atoms with Crippen LogP contribution in [0.1, 0.15) is 29.7 Å². The fourth-order valence-electron chi connectivity index (χ4n) is 5.10. The molecular formula is C35H32Cl4N8O17S5. The molecule has 0 saturated heterocycles. The third-order valence-corrected chi connectivity index (χ3v) is 11.4. The van der Waals surface area contributed by atoms with Gasteiger partial charge in [0.1, 0.15) is 51.8 Å². The zero-order chi connectivity index (χ0) is 51.7. The van der Waals surface area contributed by atoms with Crippen molar-refractivity contribution in [1.82, 2.24) is 15.0 Å². The number of nitrogens with zero attached hydrogens (tertiary/aromatic N) is 7. The molecule has 4 aromatic carbocycles. The maximum Gasteiger partial charge on any atom is 0.425 e. The van der Waals surface area contributed by atoms with E-state index in [1.807, 2.05) is 0 Å². The van der Waals surface area contributed by atoms with Gasteiger partial charge in [-0.3, -0.25) is 13.7 Å². The number of benzene rings is 4. The van der Waals surface area contributed by atoms with Crippen LogP contribution in [0.25, 0.3) is 0 Å². The summed E-state index contributed by atoms with van der Waals surface area (Å²) in [7, 11) is -19.7. The lowest BCUT2D eigenvalue weighted by molar-refractivity contribution is 0.333. The summed E-state index contributed by atoms with van der Waals surface area (Å²) in [4.78, 5) is 12.8. The van der Waals surface area contributed by atoms with Crippen LogP contribution in [0, 0.1) is 0 Å². The van der Waals surface area contributed by atoms with Gasteiger partial charge in [-0.1, -0.05) is 46.4 Å². The van der Waals surface area contributed by atoms with Crippen molar-refractivity contribution in [1.29, 1.82) is 0 Å². The Morgan fingerprint density at radius 2 is 1.06 bits per heavy atom. The first-order valence-electron chi connectivity index (χ1n) is 18.3.